The first-order valence-electron chi connectivity index (χ1n) is 10.3. The van der Waals surface area contributed by atoms with Gasteiger partial charge in [0.1, 0.15) is 6.54 Å². The SMILES string of the molecule is Cc1cccc2c(=O)n(CC(=O)Nc3cccc(N4C(=O)c5ccccc5C4=O)c3)cnc12. The molecule has 0 fully saturated rings. The molecule has 3 aromatic carbocycles. The second kappa shape index (κ2) is 7.83. The number of hydrogen-bond acceptors (Lipinski definition) is 5. The number of aromatic nitrogens is 2. The van der Waals surface area contributed by atoms with Gasteiger partial charge in [0.15, 0.2) is 0 Å². The normalized spacial score (nSPS) is 12.8. The highest BCUT2D eigenvalue weighted by atomic mass is 16.2. The number of carbonyl (C=O) groups is 3. The number of rotatable bonds is 4. The van der Waals surface area contributed by atoms with Crippen LogP contribution in [0.25, 0.3) is 10.9 Å². The Labute approximate surface area is 188 Å². The Hall–Kier alpha value is -4.59. The summed E-state index contributed by atoms with van der Waals surface area (Å²) in [7, 11) is 0. The highest BCUT2D eigenvalue weighted by Crippen LogP contribution is 2.29. The van der Waals surface area contributed by atoms with Crippen LogP contribution in [0.1, 0.15) is 26.3 Å². The second-order valence-corrected chi connectivity index (χ2v) is 7.74. The molecule has 0 atom stereocenters. The summed E-state index contributed by atoms with van der Waals surface area (Å²) in [5.41, 5.74) is 2.61. The fraction of sp³-hybridized carbons (Fsp3) is 0.0800. The van der Waals surface area contributed by atoms with Crippen LogP contribution < -0.4 is 15.8 Å². The van der Waals surface area contributed by atoms with Gasteiger partial charge in [-0.1, -0.05) is 30.3 Å². The van der Waals surface area contributed by atoms with Crippen molar-refractivity contribution in [2.24, 2.45) is 0 Å². The molecular formula is C25H18N4O4. The van der Waals surface area contributed by atoms with Crippen LogP contribution in [0.3, 0.4) is 0 Å². The van der Waals surface area contributed by atoms with Crippen LogP contribution in [-0.2, 0) is 11.3 Å². The molecule has 0 aliphatic carbocycles. The summed E-state index contributed by atoms with van der Waals surface area (Å²) >= 11 is 0. The average molecular weight is 438 g/mol. The van der Waals surface area contributed by atoms with Crippen LogP contribution in [-0.4, -0.2) is 27.3 Å². The van der Waals surface area contributed by atoms with E-state index < -0.39 is 17.7 Å². The van der Waals surface area contributed by atoms with Crippen LogP contribution in [0.15, 0.2) is 77.9 Å². The fourth-order valence-electron chi connectivity index (χ4n) is 3.95. The lowest BCUT2D eigenvalue weighted by molar-refractivity contribution is -0.116. The molecule has 162 valence electrons. The smallest absolute Gasteiger partial charge is 0.266 e. The molecule has 0 radical (unpaired) electrons. The van der Waals surface area contributed by atoms with Gasteiger partial charge in [-0.3, -0.25) is 23.7 Å². The molecule has 1 aliphatic rings. The van der Waals surface area contributed by atoms with E-state index in [4.69, 9.17) is 0 Å². The number of carbonyl (C=O) groups excluding carboxylic acids is 3. The van der Waals surface area contributed by atoms with E-state index in [9.17, 15) is 19.2 Å². The van der Waals surface area contributed by atoms with E-state index in [0.29, 0.717) is 33.4 Å². The van der Waals surface area contributed by atoms with Crippen molar-refractivity contribution in [2.75, 3.05) is 10.2 Å². The third-order valence-corrected chi connectivity index (χ3v) is 5.55. The number of nitrogens with one attached hydrogen (secondary N) is 1. The van der Waals surface area contributed by atoms with Crippen molar-refractivity contribution in [1.29, 1.82) is 0 Å². The zero-order valence-corrected chi connectivity index (χ0v) is 17.6. The molecule has 3 amide bonds. The number of aryl methyl sites for hydroxylation is 1. The van der Waals surface area contributed by atoms with Crippen molar-refractivity contribution in [3.8, 4) is 0 Å². The minimum Gasteiger partial charge on any atom is -0.324 e. The summed E-state index contributed by atoms with van der Waals surface area (Å²) in [5, 5.41) is 3.16. The monoisotopic (exact) mass is 438 g/mol. The summed E-state index contributed by atoms with van der Waals surface area (Å²) in [6.07, 6.45) is 1.35. The Balaban J connectivity index is 1.37. The van der Waals surface area contributed by atoms with Crippen LogP contribution in [0, 0.1) is 6.92 Å². The standard InChI is InChI=1S/C25H18N4O4/c1-15-6-4-11-20-22(15)26-14-28(23(20)31)13-21(30)27-16-7-5-8-17(12-16)29-24(32)18-9-2-3-10-19(18)25(29)33/h2-12,14H,13H2,1H3,(H,27,30). The van der Waals surface area contributed by atoms with Crippen LogP contribution in [0.5, 0.6) is 0 Å². The quantitative estimate of drug-likeness (QED) is 0.493. The Bertz CT molecular complexity index is 1490. The van der Waals surface area contributed by atoms with Crippen LogP contribution in [0.4, 0.5) is 11.4 Å². The topological polar surface area (TPSA) is 101 Å². The van der Waals surface area contributed by atoms with Crippen molar-refractivity contribution in [3.05, 3.63) is 100 Å². The van der Waals surface area contributed by atoms with Crippen LogP contribution in [0.2, 0.25) is 0 Å². The van der Waals surface area contributed by atoms with E-state index in [0.717, 1.165) is 10.5 Å². The van der Waals surface area contributed by atoms with Gasteiger partial charge in [0.05, 0.1) is 34.0 Å². The number of imide groups is 1. The van der Waals surface area contributed by atoms with Crippen LogP contribution >= 0.6 is 0 Å². The highest BCUT2D eigenvalue weighted by molar-refractivity contribution is 6.34. The first-order chi connectivity index (χ1) is 15.9. The third kappa shape index (κ3) is 3.47. The van der Waals surface area contributed by atoms with Gasteiger partial charge < -0.3 is 5.32 Å². The Kier molecular flexibility index (Phi) is 4.82. The molecule has 0 saturated carbocycles. The Morgan fingerprint density at radius 1 is 0.909 bits per heavy atom. The number of amides is 3. The third-order valence-electron chi connectivity index (χ3n) is 5.55. The Morgan fingerprint density at radius 2 is 1.61 bits per heavy atom. The molecule has 0 spiro atoms. The number of hydrogen-bond donors (Lipinski definition) is 1. The molecule has 0 unspecified atom stereocenters. The molecule has 5 rings (SSSR count). The average Bonchev–Trinajstić information content (AvgIpc) is 3.06. The highest BCUT2D eigenvalue weighted by Gasteiger charge is 2.36. The lowest BCUT2D eigenvalue weighted by Gasteiger charge is -2.15. The van der Waals surface area contributed by atoms with Crippen molar-refractivity contribution in [2.45, 2.75) is 13.5 Å². The van der Waals surface area contributed by atoms with Crippen molar-refractivity contribution in [3.63, 3.8) is 0 Å². The molecule has 1 aliphatic heterocycles. The van der Waals surface area contributed by atoms with Gasteiger partial charge >= 0.3 is 0 Å². The van der Waals surface area contributed by atoms with Gasteiger partial charge in [0.25, 0.3) is 17.4 Å². The molecule has 0 bridgehead atoms. The largest absolute Gasteiger partial charge is 0.324 e. The lowest BCUT2D eigenvalue weighted by Crippen LogP contribution is -2.30. The molecule has 0 saturated heterocycles. The maximum absolute atomic E-state index is 12.7. The van der Waals surface area contributed by atoms with Gasteiger partial charge in [-0.25, -0.2) is 9.88 Å². The molecular weight excluding hydrogens is 420 g/mol. The number of para-hydroxylation sites is 1. The molecule has 8 heteroatoms. The van der Waals surface area contributed by atoms with Crippen molar-refractivity contribution < 1.29 is 14.4 Å². The van der Waals surface area contributed by atoms with E-state index in [1.165, 1.54) is 10.9 Å². The second-order valence-electron chi connectivity index (χ2n) is 7.74. The zero-order chi connectivity index (χ0) is 23.1. The molecule has 33 heavy (non-hydrogen) atoms. The predicted molar refractivity (Wildman–Crippen MR) is 123 cm³/mol. The molecule has 1 aromatic heterocycles. The molecule has 2 heterocycles. The summed E-state index contributed by atoms with van der Waals surface area (Å²) in [4.78, 5) is 56.2. The molecule has 8 nitrogen and oxygen atoms in total. The number of fused-ring (bicyclic) bond motifs is 2. The van der Waals surface area contributed by atoms with E-state index >= 15 is 0 Å². The minimum absolute atomic E-state index is 0.229. The molecule has 1 N–H and O–H groups in total. The van der Waals surface area contributed by atoms with Crippen molar-refractivity contribution >= 4 is 40.0 Å². The lowest BCUT2D eigenvalue weighted by atomic mass is 10.1. The van der Waals surface area contributed by atoms with Gasteiger partial charge in [-0.15, -0.1) is 0 Å². The summed E-state index contributed by atoms with van der Waals surface area (Å²) < 4.78 is 1.24. The maximum Gasteiger partial charge on any atom is 0.266 e. The number of nitrogens with zero attached hydrogens (tertiary/aromatic N) is 3. The summed E-state index contributed by atoms with van der Waals surface area (Å²) in [6.45, 7) is 1.64. The number of benzene rings is 3. The van der Waals surface area contributed by atoms with Crippen molar-refractivity contribution in [1.82, 2.24) is 9.55 Å². The zero-order valence-electron chi connectivity index (χ0n) is 17.6. The van der Waals surface area contributed by atoms with E-state index in [2.05, 4.69) is 10.3 Å². The van der Waals surface area contributed by atoms with E-state index in [1.54, 1.807) is 60.7 Å². The van der Waals surface area contributed by atoms with E-state index in [1.807, 2.05) is 13.0 Å². The van der Waals surface area contributed by atoms with Gasteiger partial charge in [-0.05, 0) is 48.9 Å². The summed E-state index contributed by atoms with van der Waals surface area (Å²) in [5.74, 6) is -1.27. The minimum atomic E-state index is -0.439. The van der Waals surface area contributed by atoms with Gasteiger partial charge in [0, 0.05) is 5.69 Å². The van der Waals surface area contributed by atoms with Gasteiger partial charge in [0.2, 0.25) is 5.91 Å². The maximum atomic E-state index is 12.7. The van der Waals surface area contributed by atoms with E-state index in [-0.39, 0.29) is 12.1 Å². The summed E-state index contributed by atoms with van der Waals surface area (Å²) in [6, 6.07) is 18.4. The fourth-order valence-corrected chi connectivity index (χ4v) is 3.95. The molecule has 4 aromatic rings. The number of anilines is 2. The predicted octanol–water partition coefficient (Wildman–Crippen LogP) is 3.14. The first-order valence-corrected chi connectivity index (χ1v) is 10.3. The first kappa shape index (κ1) is 20.3. The Morgan fingerprint density at radius 3 is 2.33 bits per heavy atom. The van der Waals surface area contributed by atoms with Gasteiger partial charge in [-0.2, -0.15) is 0 Å².